The van der Waals surface area contributed by atoms with Crippen LogP contribution in [0.15, 0.2) is 34.9 Å². The Kier molecular flexibility index (Phi) is 2.99. The van der Waals surface area contributed by atoms with Gasteiger partial charge in [0.05, 0.1) is 11.2 Å². The molecule has 96 valence electrons. The third kappa shape index (κ3) is 2.11. The third-order valence-corrected chi connectivity index (χ3v) is 3.73. The number of imidazole rings is 1. The van der Waals surface area contributed by atoms with Gasteiger partial charge in [0.25, 0.3) is 0 Å². The van der Waals surface area contributed by atoms with Crippen molar-refractivity contribution < 1.29 is 4.39 Å². The average Bonchev–Trinajstić information content (AvgIpc) is 2.65. The lowest BCUT2D eigenvalue weighted by atomic mass is 10.3. The lowest BCUT2D eigenvalue weighted by Crippen LogP contribution is -1.97. The fourth-order valence-electron chi connectivity index (χ4n) is 1.99. The van der Waals surface area contributed by atoms with Crippen LogP contribution in [-0.4, -0.2) is 14.5 Å². The van der Waals surface area contributed by atoms with Gasteiger partial charge in [-0.15, -0.1) is 0 Å². The van der Waals surface area contributed by atoms with Gasteiger partial charge in [-0.25, -0.2) is 9.37 Å². The summed E-state index contributed by atoms with van der Waals surface area (Å²) in [7, 11) is 0. The van der Waals surface area contributed by atoms with Gasteiger partial charge in [0.1, 0.15) is 5.82 Å². The van der Waals surface area contributed by atoms with E-state index in [1.54, 1.807) is 16.8 Å². The van der Waals surface area contributed by atoms with Gasteiger partial charge in [-0.1, -0.05) is 0 Å². The van der Waals surface area contributed by atoms with E-state index in [-0.39, 0.29) is 5.82 Å². The molecule has 0 fully saturated rings. The quantitative estimate of drug-likeness (QED) is 0.672. The fourth-order valence-corrected chi connectivity index (χ4v) is 2.81. The number of fused-ring (bicyclic) bond motifs is 1. The third-order valence-electron chi connectivity index (χ3n) is 2.81. The zero-order valence-electron chi connectivity index (χ0n) is 9.95. The van der Waals surface area contributed by atoms with Crippen LogP contribution in [0.5, 0.6) is 0 Å². The van der Waals surface area contributed by atoms with E-state index in [9.17, 15) is 4.39 Å². The molecule has 1 aromatic carbocycles. The Bertz CT molecular complexity index is 838. The maximum absolute atomic E-state index is 13.2. The van der Waals surface area contributed by atoms with Crippen LogP contribution in [0.25, 0.3) is 16.9 Å². The molecule has 0 saturated carbocycles. The smallest absolute Gasteiger partial charge is 0.184 e. The molecule has 2 aromatic heterocycles. The number of rotatable bonds is 1. The van der Waals surface area contributed by atoms with Crippen molar-refractivity contribution in [2.75, 3.05) is 0 Å². The van der Waals surface area contributed by atoms with Crippen LogP contribution in [0.3, 0.4) is 0 Å². The summed E-state index contributed by atoms with van der Waals surface area (Å²) < 4.78 is 16.1. The number of H-pyrrole nitrogens is 1. The number of aromatic nitrogens is 3. The lowest BCUT2D eigenvalue weighted by molar-refractivity contribution is 0.626. The summed E-state index contributed by atoms with van der Waals surface area (Å²) in [6.07, 6.45) is 1.78. The van der Waals surface area contributed by atoms with Crippen molar-refractivity contribution in [1.29, 1.82) is 0 Å². The van der Waals surface area contributed by atoms with Gasteiger partial charge in [0.2, 0.25) is 0 Å². The zero-order valence-corrected chi connectivity index (χ0v) is 12.3. The van der Waals surface area contributed by atoms with E-state index in [2.05, 4.69) is 25.9 Å². The zero-order chi connectivity index (χ0) is 13.6. The maximum atomic E-state index is 13.2. The first-order valence-electron chi connectivity index (χ1n) is 5.59. The number of aromatic amines is 1. The molecule has 3 nitrogen and oxygen atoms in total. The number of pyridine rings is 1. The second-order valence-electron chi connectivity index (χ2n) is 4.25. The summed E-state index contributed by atoms with van der Waals surface area (Å²) >= 11 is 8.68. The van der Waals surface area contributed by atoms with Crippen molar-refractivity contribution in [3.05, 3.63) is 51.1 Å². The molecule has 0 atom stereocenters. The van der Waals surface area contributed by atoms with E-state index in [1.165, 1.54) is 12.1 Å². The van der Waals surface area contributed by atoms with E-state index in [1.807, 2.05) is 13.0 Å². The number of hydrogen-bond donors (Lipinski definition) is 1. The molecule has 0 spiro atoms. The van der Waals surface area contributed by atoms with Crippen LogP contribution in [0.4, 0.5) is 4.39 Å². The Morgan fingerprint density at radius 3 is 2.89 bits per heavy atom. The largest absolute Gasteiger partial charge is 0.329 e. The van der Waals surface area contributed by atoms with Crippen molar-refractivity contribution in [3.63, 3.8) is 0 Å². The topological polar surface area (TPSA) is 33.6 Å². The van der Waals surface area contributed by atoms with Crippen LogP contribution < -0.4 is 0 Å². The molecule has 0 aliphatic heterocycles. The lowest BCUT2D eigenvalue weighted by Gasteiger charge is -2.06. The van der Waals surface area contributed by atoms with Crippen LogP contribution in [0, 0.1) is 17.5 Å². The first-order chi connectivity index (χ1) is 9.06. The minimum absolute atomic E-state index is 0.300. The van der Waals surface area contributed by atoms with Crippen molar-refractivity contribution in [3.8, 4) is 5.69 Å². The van der Waals surface area contributed by atoms with E-state index in [0.29, 0.717) is 9.24 Å². The molecule has 0 unspecified atom stereocenters. The van der Waals surface area contributed by atoms with Gasteiger partial charge in [0, 0.05) is 10.7 Å². The molecular weight excluding hydrogens is 329 g/mol. The summed E-state index contributed by atoms with van der Waals surface area (Å²) in [5.74, 6) is -0.300. The predicted octanol–water partition coefficient (Wildman–Crippen LogP) is 4.29. The Morgan fingerprint density at radius 1 is 1.37 bits per heavy atom. The van der Waals surface area contributed by atoms with E-state index in [4.69, 9.17) is 12.2 Å². The molecule has 19 heavy (non-hydrogen) atoms. The second-order valence-corrected chi connectivity index (χ2v) is 5.49. The van der Waals surface area contributed by atoms with Gasteiger partial charge in [-0.05, 0) is 64.9 Å². The van der Waals surface area contributed by atoms with Crippen LogP contribution in [0.2, 0.25) is 0 Å². The minimum Gasteiger partial charge on any atom is -0.329 e. The molecular formula is C13H9BrFN3S. The molecule has 0 aliphatic carbocycles. The van der Waals surface area contributed by atoms with E-state index < -0.39 is 0 Å². The molecule has 0 aliphatic rings. The molecule has 3 rings (SSSR count). The summed E-state index contributed by atoms with van der Waals surface area (Å²) in [5, 5.41) is 0. The normalized spacial score (nSPS) is 11.1. The average molecular weight is 338 g/mol. The summed E-state index contributed by atoms with van der Waals surface area (Å²) in [6, 6.07) is 6.45. The van der Waals surface area contributed by atoms with Crippen LogP contribution >= 0.6 is 28.1 Å². The Hall–Kier alpha value is -1.53. The highest BCUT2D eigenvalue weighted by molar-refractivity contribution is 9.10. The molecule has 0 radical (unpaired) electrons. The molecule has 2 heterocycles. The number of benzene rings is 1. The molecule has 0 amide bonds. The highest BCUT2D eigenvalue weighted by atomic mass is 79.9. The highest BCUT2D eigenvalue weighted by Crippen LogP contribution is 2.25. The van der Waals surface area contributed by atoms with Crippen LogP contribution in [-0.2, 0) is 0 Å². The summed E-state index contributed by atoms with van der Waals surface area (Å²) in [5.41, 5.74) is 3.40. The van der Waals surface area contributed by atoms with Gasteiger partial charge in [-0.2, -0.15) is 0 Å². The number of halogens is 2. The van der Waals surface area contributed by atoms with Crippen molar-refractivity contribution in [1.82, 2.24) is 14.5 Å². The Labute approximate surface area is 122 Å². The van der Waals surface area contributed by atoms with Crippen LogP contribution in [0.1, 0.15) is 5.56 Å². The van der Waals surface area contributed by atoms with Gasteiger partial charge < -0.3 is 4.98 Å². The Balaban J connectivity index is 2.36. The molecule has 1 N–H and O–H groups in total. The van der Waals surface area contributed by atoms with Crippen molar-refractivity contribution in [2.24, 2.45) is 0 Å². The highest BCUT2D eigenvalue weighted by Gasteiger charge is 2.11. The number of nitrogens with zero attached hydrogens (tertiary/aromatic N) is 2. The van der Waals surface area contributed by atoms with Gasteiger partial charge in [0.15, 0.2) is 10.4 Å². The maximum Gasteiger partial charge on any atom is 0.184 e. The molecule has 3 aromatic rings. The standard InChI is InChI=1S/C13H9BrFN3S/c1-7-4-10-12(16-6-7)18(13(19)17-10)11-3-2-8(15)5-9(11)14/h2-6H,1H3,(H,17,19). The molecule has 0 saturated heterocycles. The first kappa shape index (κ1) is 12.5. The second kappa shape index (κ2) is 4.54. The van der Waals surface area contributed by atoms with E-state index >= 15 is 0 Å². The number of nitrogens with one attached hydrogen (secondary N) is 1. The SMILES string of the molecule is Cc1cnc2c(c1)[nH]c(=S)n2-c1ccc(F)cc1Br. The van der Waals surface area contributed by atoms with Gasteiger partial charge >= 0.3 is 0 Å². The van der Waals surface area contributed by atoms with E-state index in [0.717, 1.165) is 22.4 Å². The molecule has 6 heteroatoms. The minimum atomic E-state index is -0.300. The molecule has 0 bridgehead atoms. The van der Waals surface area contributed by atoms with Crippen molar-refractivity contribution >= 4 is 39.3 Å². The monoisotopic (exact) mass is 337 g/mol. The van der Waals surface area contributed by atoms with Gasteiger partial charge in [-0.3, -0.25) is 4.57 Å². The predicted molar refractivity (Wildman–Crippen MR) is 78.6 cm³/mol. The number of hydrogen-bond acceptors (Lipinski definition) is 2. The fraction of sp³-hybridized carbons (Fsp3) is 0.0769. The van der Waals surface area contributed by atoms with Crippen molar-refractivity contribution in [2.45, 2.75) is 6.92 Å². The number of aryl methyl sites for hydroxylation is 1. The Morgan fingerprint density at radius 2 is 2.16 bits per heavy atom. The summed E-state index contributed by atoms with van der Waals surface area (Å²) in [6.45, 7) is 1.97. The first-order valence-corrected chi connectivity index (χ1v) is 6.79. The summed E-state index contributed by atoms with van der Waals surface area (Å²) in [4.78, 5) is 7.50.